The molecule has 0 fully saturated rings. The molecule has 186 valence electrons. The van der Waals surface area contributed by atoms with E-state index >= 15 is 0 Å². The zero-order chi connectivity index (χ0) is 26.5. The van der Waals surface area contributed by atoms with Crippen LogP contribution in [-0.4, -0.2) is 31.5 Å². The lowest BCUT2D eigenvalue weighted by Gasteiger charge is -2.12. The van der Waals surface area contributed by atoms with Crippen molar-refractivity contribution in [2.24, 2.45) is 12.8 Å². The van der Waals surface area contributed by atoms with Crippen molar-refractivity contribution in [2.45, 2.75) is 13.1 Å². The molecule has 0 saturated heterocycles. The standard InChI is InChI=1S/C21H14F4N6O4S/c1-8-16(31(34)35)15(29-30(8)2)19(33)28-14-13-11(9-3-5-10(22)6-4-9)7-12(21(23,24)25)27-20(13)36-17(14)18(26)32/h3-7H,1-2H3,(H2,26,32)(H,28,33). The molecule has 0 aliphatic rings. The Labute approximate surface area is 202 Å². The summed E-state index contributed by atoms with van der Waals surface area (Å²) in [6.07, 6.45) is -4.87. The molecule has 3 N–H and O–H groups in total. The number of aryl methyl sites for hydroxylation is 1. The van der Waals surface area contributed by atoms with E-state index in [0.29, 0.717) is 17.4 Å². The Balaban J connectivity index is 1.99. The number of nitrogens with two attached hydrogens (primary N) is 1. The number of amides is 2. The predicted octanol–water partition coefficient (Wildman–Crippen LogP) is 4.42. The van der Waals surface area contributed by atoms with Crippen LogP contribution < -0.4 is 11.1 Å². The molecule has 2 amide bonds. The molecule has 4 rings (SSSR count). The fourth-order valence-electron chi connectivity index (χ4n) is 3.53. The third-order valence-corrected chi connectivity index (χ3v) is 6.37. The minimum absolute atomic E-state index is 0.0685. The molecule has 4 aromatic rings. The van der Waals surface area contributed by atoms with Crippen molar-refractivity contribution < 1.29 is 32.1 Å². The number of fused-ring (bicyclic) bond motifs is 1. The summed E-state index contributed by atoms with van der Waals surface area (Å²) in [5.74, 6) is -2.83. The van der Waals surface area contributed by atoms with Gasteiger partial charge in [-0.3, -0.25) is 24.4 Å². The van der Waals surface area contributed by atoms with Gasteiger partial charge in [0.05, 0.1) is 10.6 Å². The molecule has 0 aliphatic carbocycles. The quantitative estimate of drug-likeness (QED) is 0.225. The number of rotatable bonds is 5. The number of thiophene rings is 1. The van der Waals surface area contributed by atoms with Gasteiger partial charge in [-0.2, -0.15) is 18.3 Å². The predicted molar refractivity (Wildman–Crippen MR) is 121 cm³/mol. The number of primary amides is 1. The first-order valence-corrected chi connectivity index (χ1v) is 10.7. The molecule has 0 aliphatic heterocycles. The second-order valence-corrected chi connectivity index (χ2v) is 8.53. The van der Waals surface area contributed by atoms with Crippen molar-refractivity contribution in [3.8, 4) is 11.1 Å². The number of hydrogen-bond acceptors (Lipinski definition) is 7. The van der Waals surface area contributed by atoms with E-state index in [9.17, 15) is 37.3 Å². The van der Waals surface area contributed by atoms with Crippen molar-refractivity contribution in [1.29, 1.82) is 0 Å². The van der Waals surface area contributed by atoms with Crippen LogP contribution in [0.3, 0.4) is 0 Å². The Morgan fingerprint density at radius 3 is 2.42 bits per heavy atom. The zero-order valence-electron chi connectivity index (χ0n) is 18.3. The molecular formula is C21H14F4N6O4S. The van der Waals surface area contributed by atoms with Crippen LogP contribution >= 0.6 is 11.3 Å². The van der Waals surface area contributed by atoms with Gasteiger partial charge in [-0.05, 0) is 36.2 Å². The maximum Gasteiger partial charge on any atom is 0.433 e. The highest BCUT2D eigenvalue weighted by Crippen LogP contribution is 2.44. The Kier molecular flexibility index (Phi) is 5.95. The number of halogens is 4. The lowest BCUT2D eigenvalue weighted by atomic mass is 10.0. The fourth-order valence-corrected chi connectivity index (χ4v) is 4.54. The average molecular weight is 522 g/mol. The molecule has 0 bridgehead atoms. The van der Waals surface area contributed by atoms with Gasteiger partial charge in [0, 0.05) is 12.4 Å². The summed E-state index contributed by atoms with van der Waals surface area (Å²) in [5, 5.41) is 17.6. The number of nitrogens with zero attached hydrogens (tertiary/aromatic N) is 4. The van der Waals surface area contributed by atoms with Gasteiger partial charge < -0.3 is 11.1 Å². The summed E-state index contributed by atoms with van der Waals surface area (Å²) in [6, 6.07) is 5.16. The first-order valence-electron chi connectivity index (χ1n) is 9.89. The highest BCUT2D eigenvalue weighted by molar-refractivity contribution is 7.21. The molecule has 1 aromatic carbocycles. The van der Waals surface area contributed by atoms with Crippen molar-refractivity contribution in [3.05, 3.63) is 68.2 Å². The number of alkyl halides is 3. The zero-order valence-corrected chi connectivity index (χ0v) is 19.1. The molecule has 0 atom stereocenters. The Morgan fingerprint density at radius 2 is 1.86 bits per heavy atom. The Morgan fingerprint density at radius 1 is 1.22 bits per heavy atom. The highest BCUT2D eigenvalue weighted by Gasteiger charge is 2.36. The number of nitrogens with one attached hydrogen (secondary N) is 1. The summed E-state index contributed by atoms with van der Waals surface area (Å²) in [7, 11) is 1.38. The SMILES string of the molecule is Cc1c([N+](=O)[O-])c(C(=O)Nc2c(C(N)=O)sc3nc(C(F)(F)F)cc(-c4ccc(F)cc4)c23)nn1C. The number of carbonyl (C=O) groups excluding carboxylic acids is 2. The lowest BCUT2D eigenvalue weighted by Crippen LogP contribution is -2.18. The number of anilines is 1. The topological polar surface area (TPSA) is 146 Å². The molecule has 0 saturated carbocycles. The van der Waals surface area contributed by atoms with E-state index < -0.39 is 45.8 Å². The molecule has 36 heavy (non-hydrogen) atoms. The summed E-state index contributed by atoms with van der Waals surface area (Å²) in [4.78, 5) is 38.9. The Hall–Kier alpha value is -4.40. The van der Waals surface area contributed by atoms with Crippen LogP contribution in [0.15, 0.2) is 30.3 Å². The van der Waals surface area contributed by atoms with E-state index in [2.05, 4.69) is 15.4 Å². The summed E-state index contributed by atoms with van der Waals surface area (Å²) in [5.41, 5.74) is 2.72. The maximum absolute atomic E-state index is 13.6. The maximum atomic E-state index is 13.6. The van der Waals surface area contributed by atoms with Crippen molar-refractivity contribution >= 4 is 44.7 Å². The molecule has 15 heteroatoms. The number of carbonyl (C=O) groups is 2. The molecule has 0 radical (unpaired) electrons. The van der Waals surface area contributed by atoms with Gasteiger partial charge in [0.15, 0.2) is 0 Å². The van der Waals surface area contributed by atoms with Gasteiger partial charge in [-0.15, -0.1) is 11.3 Å². The number of nitro groups is 1. The number of benzene rings is 1. The number of pyridine rings is 1. The summed E-state index contributed by atoms with van der Waals surface area (Å²) < 4.78 is 55.3. The van der Waals surface area contributed by atoms with E-state index in [1.54, 1.807) is 0 Å². The smallest absolute Gasteiger partial charge is 0.365 e. The minimum atomic E-state index is -4.87. The van der Waals surface area contributed by atoms with Crippen LogP contribution in [0, 0.1) is 22.9 Å². The largest absolute Gasteiger partial charge is 0.433 e. The average Bonchev–Trinajstić information content (AvgIpc) is 3.30. The van der Waals surface area contributed by atoms with Gasteiger partial charge >= 0.3 is 11.9 Å². The van der Waals surface area contributed by atoms with E-state index in [4.69, 9.17) is 5.73 Å². The van der Waals surface area contributed by atoms with Crippen LogP contribution in [0.4, 0.5) is 28.9 Å². The van der Waals surface area contributed by atoms with E-state index in [-0.39, 0.29) is 37.6 Å². The molecule has 0 unspecified atom stereocenters. The van der Waals surface area contributed by atoms with Crippen LogP contribution in [0.1, 0.15) is 31.5 Å². The monoisotopic (exact) mass is 522 g/mol. The van der Waals surface area contributed by atoms with E-state index in [1.165, 1.54) is 26.1 Å². The van der Waals surface area contributed by atoms with E-state index in [0.717, 1.165) is 16.8 Å². The van der Waals surface area contributed by atoms with E-state index in [1.807, 2.05) is 0 Å². The van der Waals surface area contributed by atoms with Crippen molar-refractivity contribution in [1.82, 2.24) is 14.8 Å². The second kappa shape index (κ2) is 8.67. The van der Waals surface area contributed by atoms with Gasteiger partial charge in [0.1, 0.15) is 26.9 Å². The van der Waals surface area contributed by atoms with Gasteiger partial charge in [0.25, 0.3) is 11.8 Å². The molecule has 3 aromatic heterocycles. The van der Waals surface area contributed by atoms with Gasteiger partial charge in [0.2, 0.25) is 5.69 Å². The highest BCUT2D eigenvalue weighted by atomic mass is 32.1. The molecular weight excluding hydrogens is 508 g/mol. The normalized spacial score (nSPS) is 11.6. The molecule has 3 heterocycles. The van der Waals surface area contributed by atoms with Crippen LogP contribution in [0.5, 0.6) is 0 Å². The summed E-state index contributed by atoms with van der Waals surface area (Å²) in [6.45, 7) is 1.37. The van der Waals surface area contributed by atoms with Gasteiger partial charge in [-0.25, -0.2) is 9.37 Å². The minimum Gasteiger partial charge on any atom is -0.365 e. The van der Waals surface area contributed by atoms with Crippen LogP contribution in [0.2, 0.25) is 0 Å². The fraction of sp³-hybridized carbons (Fsp3) is 0.143. The Bertz CT molecular complexity index is 1560. The van der Waals surface area contributed by atoms with Crippen molar-refractivity contribution in [2.75, 3.05) is 5.32 Å². The summed E-state index contributed by atoms with van der Waals surface area (Å²) >= 11 is 0.496. The van der Waals surface area contributed by atoms with Crippen LogP contribution in [0.25, 0.3) is 21.3 Å². The second-order valence-electron chi connectivity index (χ2n) is 7.53. The van der Waals surface area contributed by atoms with Gasteiger partial charge in [-0.1, -0.05) is 12.1 Å². The molecule has 0 spiro atoms. The first-order chi connectivity index (χ1) is 16.8. The lowest BCUT2D eigenvalue weighted by molar-refractivity contribution is -0.385. The van der Waals surface area contributed by atoms with Crippen molar-refractivity contribution in [3.63, 3.8) is 0 Å². The third kappa shape index (κ3) is 4.24. The molecule has 10 nitrogen and oxygen atoms in total. The first kappa shape index (κ1) is 24.7. The third-order valence-electron chi connectivity index (χ3n) is 5.27. The van der Waals surface area contributed by atoms with Crippen LogP contribution in [-0.2, 0) is 13.2 Å². The number of aromatic nitrogens is 3. The number of hydrogen-bond donors (Lipinski definition) is 2.